The molecule has 8 heteroatoms. The van der Waals surface area contributed by atoms with Gasteiger partial charge in [0.2, 0.25) is 5.91 Å². The van der Waals surface area contributed by atoms with Crippen LogP contribution >= 0.6 is 0 Å². The van der Waals surface area contributed by atoms with Crippen LogP contribution in [-0.4, -0.2) is 63.8 Å². The molecule has 1 saturated heterocycles. The molecule has 1 aliphatic heterocycles. The van der Waals surface area contributed by atoms with Crippen LogP contribution in [0.15, 0.2) is 49.1 Å². The van der Waals surface area contributed by atoms with Crippen LogP contribution in [0.25, 0.3) is 11.1 Å². The van der Waals surface area contributed by atoms with Crippen molar-refractivity contribution < 1.29 is 9.53 Å². The molecule has 0 unspecified atom stereocenters. The Morgan fingerprint density at radius 1 is 1.07 bits per heavy atom. The van der Waals surface area contributed by atoms with Gasteiger partial charge < -0.3 is 14.5 Å². The summed E-state index contributed by atoms with van der Waals surface area (Å²) in [7, 11) is 1.55. The molecular weight excluding hydrogens is 368 g/mol. The zero-order valence-electron chi connectivity index (χ0n) is 16.7. The van der Waals surface area contributed by atoms with Gasteiger partial charge in [0.25, 0.3) is 0 Å². The summed E-state index contributed by atoms with van der Waals surface area (Å²) < 4.78 is 6.75. The lowest BCUT2D eigenvalue weighted by Crippen LogP contribution is -2.49. The van der Waals surface area contributed by atoms with Crippen LogP contribution in [0.3, 0.4) is 0 Å². The number of hydrogen-bond donors (Lipinski definition) is 0. The minimum absolute atomic E-state index is 0.101. The second-order valence-electron chi connectivity index (χ2n) is 7.06. The summed E-state index contributed by atoms with van der Waals surface area (Å²) in [6.45, 7) is 5.18. The van der Waals surface area contributed by atoms with Crippen LogP contribution in [0.2, 0.25) is 0 Å². The quantitative estimate of drug-likeness (QED) is 0.661. The second kappa shape index (κ2) is 8.30. The van der Waals surface area contributed by atoms with Crippen LogP contribution in [0.1, 0.15) is 5.56 Å². The summed E-state index contributed by atoms with van der Waals surface area (Å²) in [5.41, 5.74) is 4.19. The number of carbonyl (C=O) groups excluding carboxylic acids is 1. The van der Waals surface area contributed by atoms with Gasteiger partial charge in [-0.15, -0.1) is 0 Å². The molecule has 8 nitrogen and oxygen atoms in total. The molecule has 0 radical (unpaired) electrons. The molecule has 150 valence electrons. The van der Waals surface area contributed by atoms with Gasteiger partial charge in [0.15, 0.2) is 0 Å². The van der Waals surface area contributed by atoms with Crippen molar-refractivity contribution in [3.05, 3.63) is 54.6 Å². The highest BCUT2D eigenvalue weighted by molar-refractivity contribution is 5.79. The number of aryl methyl sites for hydroxylation is 1. The molecule has 0 spiro atoms. The van der Waals surface area contributed by atoms with Crippen molar-refractivity contribution in [2.75, 3.05) is 38.2 Å². The Hall–Kier alpha value is -3.42. The van der Waals surface area contributed by atoms with Crippen LogP contribution in [0.4, 0.5) is 5.69 Å². The normalized spacial score (nSPS) is 14.1. The highest BCUT2D eigenvalue weighted by atomic mass is 16.5. The van der Waals surface area contributed by atoms with Crippen LogP contribution < -0.4 is 9.64 Å². The molecule has 29 heavy (non-hydrogen) atoms. The predicted molar refractivity (Wildman–Crippen MR) is 110 cm³/mol. The number of methoxy groups -OCH3 is 1. The number of anilines is 1. The van der Waals surface area contributed by atoms with E-state index in [4.69, 9.17) is 4.74 Å². The molecule has 1 aromatic carbocycles. The Balaban J connectivity index is 1.44. The average molecular weight is 392 g/mol. The Kier molecular flexibility index (Phi) is 5.41. The maximum atomic E-state index is 12.6. The number of aromatic nitrogens is 4. The van der Waals surface area contributed by atoms with Gasteiger partial charge in [0.1, 0.15) is 6.54 Å². The number of benzene rings is 1. The fourth-order valence-corrected chi connectivity index (χ4v) is 3.54. The van der Waals surface area contributed by atoms with Crippen LogP contribution in [0.5, 0.6) is 6.01 Å². The Morgan fingerprint density at radius 2 is 1.79 bits per heavy atom. The van der Waals surface area contributed by atoms with Crippen LogP contribution in [0, 0.1) is 6.92 Å². The van der Waals surface area contributed by atoms with Gasteiger partial charge in [-0.25, -0.2) is 9.97 Å². The molecule has 1 fully saturated rings. The van der Waals surface area contributed by atoms with Crippen molar-refractivity contribution in [2.24, 2.45) is 0 Å². The third-order valence-corrected chi connectivity index (χ3v) is 5.06. The molecule has 0 N–H and O–H groups in total. The monoisotopic (exact) mass is 392 g/mol. The number of nitrogens with zero attached hydrogens (tertiary/aromatic N) is 6. The molecule has 0 saturated carbocycles. The third-order valence-electron chi connectivity index (χ3n) is 5.06. The van der Waals surface area contributed by atoms with Gasteiger partial charge >= 0.3 is 6.01 Å². The van der Waals surface area contributed by atoms with Gasteiger partial charge in [-0.2, -0.15) is 5.10 Å². The summed E-state index contributed by atoms with van der Waals surface area (Å²) in [6, 6.07) is 8.56. The van der Waals surface area contributed by atoms with Crippen LogP contribution in [-0.2, 0) is 11.3 Å². The topological polar surface area (TPSA) is 76.4 Å². The van der Waals surface area contributed by atoms with E-state index in [1.54, 1.807) is 30.4 Å². The minimum atomic E-state index is 0.101. The molecule has 3 heterocycles. The van der Waals surface area contributed by atoms with Gasteiger partial charge in [0, 0.05) is 61.6 Å². The zero-order chi connectivity index (χ0) is 20.2. The first kappa shape index (κ1) is 18.9. The Morgan fingerprint density at radius 3 is 2.45 bits per heavy atom. The lowest BCUT2D eigenvalue weighted by Gasteiger charge is -2.37. The number of para-hydroxylation sites is 1. The van der Waals surface area contributed by atoms with E-state index in [0.717, 1.165) is 35.5 Å². The molecule has 1 amide bonds. The zero-order valence-corrected chi connectivity index (χ0v) is 16.7. The molecule has 2 aromatic heterocycles. The maximum Gasteiger partial charge on any atom is 0.316 e. The smallest absolute Gasteiger partial charge is 0.316 e. The summed E-state index contributed by atoms with van der Waals surface area (Å²) >= 11 is 0. The SMILES string of the molecule is COc1ncc(-c2ccccc2N2CCN(C(=O)Cn3cc(C)cn3)CC2)cn1. The first-order valence-corrected chi connectivity index (χ1v) is 9.61. The number of carbonyl (C=O) groups is 1. The number of rotatable bonds is 5. The number of hydrogen-bond acceptors (Lipinski definition) is 6. The van der Waals surface area contributed by atoms with Crippen molar-refractivity contribution >= 4 is 11.6 Å². The first-order valence-electron chi connectivity index (χ1n) is 9.61. The summed E-state index contributed by atoms with van der Waals surface area (Å²) in [4.78, 5) is 25.3. The molecule has 1 aliphatic rings. The van der Waals surface area contributed by atoms with Gasteiger partial charge in [-0.1, -0.05) is 18.2 Å². The van der Waals surface area contributed by atoms with Crippen molar-refractivity contribution in [1.29, 1.82) is 0 Å². The minimum Gasteiger partial charge on any atom is -0.467 e. The van der Waals surface area contributed by atoms with Crippen molar-refractivity contribution in [3.63, 3.8) is 0 Å². The number of piperazine rings is 1. The summed E-state index contributed by atoms with van der Waals surface area (Å²) in [6.07, 6.45) is 7.21. The third kappa shape index (κ3) is 4.21. The summed E-state index contributed by atoms with van der Waals surface area (Å²) in [5.74, 6) is 0.101. The largest absolute Gasteiger partial charge is 0.467 e. The van der Waals surface area contributed by atoms with Crippen molar-refractivity contribution in [2.45, 2.75) is 13.5 Å². The fourth-order valence-electron chi connectivity index (χ4n) is 3.54. The Bertz CT molecular complexity index is 977. The van der Waals surface area contributed by atoms with Crippen molar-refractivity contribution in [1.82, 2.24) is 24.6 Å². The highest BCUT2D eigenvalue weighted by Crippen LogP contribution is 2.31. The molecule has 0 bridgehead atoms. The van der Waals surface area contributed by atoms with E-state index in [2.05, 4.69) is 32.1 Å². The van der Waals surface area contributed by atoms with Gasteiger partial charge in [-0.05, 0) is 18.6 Å². The molecule has 0 aliphatic carbocycles. The second-order valence-corrected chi connectivity index (χ2v) is 7.06. The molecule has 3 aromatic rings. The van der Waals surface area contributed by atoms with E-state index < -0.39 is 0 Å². The lowest BCUT2D eigenvalue weighted by molar-refractivity contribution is -0.132. The van der Waals surface area contributed by atoms with Gasteiger partial charge in [-0.3, -0.25) is 9.48 Å². The van der Waals surface area contributed by atoms with Gasteiger partial charge in [0.05, 0.1) is 13.3 Å². The summed E-state index contributed by atoms with van der Waals surface area (Å²) in [5, 5.41) is 4.21. The highest BCUT2D eigenvalue weighted by Gasteiger charge is 2.23. The maximum absolute atomic E-state index is 12.6. The molecule has 4 rings (SSSR count). The van der Waals surface area contributed by atoms with E-state index in [9.17, 15) is 4.79 Å². The van der Waals surface area contributed by atoms with E-state index >= 15 is 0 Å². The number of ether oxygens (including phenoxy) is 1. The van der Waals surface area contributed by atoms with E-state index in [1.165, 1.54) is 0 Å². The van der Waals surface area contributed by atoms with E-state index in [1.807, 2.05) is 30.2 Å². The lowest BCUT2D eigenvalue weighted by atomic mass is 10.1. The van der Waals surface area contributed by atoms with E-state index in [-0.39, 0.29) is 12.5 Å². The Labute approximate surface area is 169 Å². The molecular formula is C21H24N6O2. The first-order chi connectivity index (χ1) is 14.1. The standard InChI is InChI=1S/C21H24N6O2/c1-16-11-24-27(14-16)15-20(28)26-9-7-25(8-10-26)19-6-4-3-5-18(19)17-12-22-21(29-2)23-13-17/h3-6,11-14H,7-10,15H2,1-2H3. The molecule has 0 atom stereocenters. The van der Waals surface area contributed by atoms with Crippen molar-refractivity contribution in [3.8, 4) is 17.1 Å². The predicted octanol–water partition coefficient (Wildman–Crippen LogP) is 2.01. The van der Waals surface area contributed by atoms with E-state index in [0.29, 0.717) is 19.1 Å². The average Bonchev–Trinajstić information content (AvgIpc) is 3.18. The fraction of sp³-hybridized carbons (Fsp3) is 0.333. The number of amides is 1.